The summed E-state index contributed by atoms with van der Waals surface area (Å²) in [7, 11) is 2.37. The van der Waals surface area contributed by atoms with Gasteiger partial charge in [-0.25, -0.2) is 9.59 Å². The molecule has 11 nitrogen and oxygen atoms in total. The van der Waals surface area contributed by atoms with Crippen LogP contribution in [0.25, 0.3) is 0 Å². The molecule has 0 saturated heterocycles. The van der Waals surface area contributed by atoms with E-state index in [9.17, 15) is 19.7 Å². The Hall–Kier alpha value is -3.60. The molecule has 1 aromatic carbocycles. The summed E-state index contributed by atoms with van der Waals surface area (Å²) < 4.78 is 21.1. The van der Waals surface area contributed by atoms with E-state index < -0.39 is 23.0 Å². The Balaban J connectivity index is 2.62. The van der Waals surface area contributed by atoms with Crippen molar-refractivity contribution in [3.05, 3.63) is 50.9 Å². The third kappa shape index (κ3) is 4.69. The number of benzene rings is 1. The Morgan fingerprint density at radius 1 is 1.10 bits per heavy atom. The first-order valence-corrected chi connectivity index (χ1v) is 8.88. The monoisotopic (exact) mass is 421 g/mol. The largest absolute Gasteiger partial charge is 0.488 e. The molecule has 0 aromatic heterocycles. The van der Waals surface area contributed by atoms with Gasteiger partial charge in [-0.2, -0.15) is 0 Å². The molecule has 0 bridgehead atoms. The molecule has 0 amide bonds. The standard InChI is InChI=1S/C19H23N3O8/c1-10-15(18(23)27-3)17(16(11(2)21-10)19(24)28-4)30-14-9-12(22(25)26)5-6-13(14)29-8-7-20/h5-6,9,17,21H,7-8,20H2,1-4H3. The fourth-order valence-electron chi connectivity index (χ4n) is 2.93. The Morgan fingerprint density at radius 3 is 2.13 bits per heavy atom. The van der Waals surface area contributed by atoms with Crippen LogP contribution in [0.1, 0.15) is 13.8 Å². The van der Waals surface area contributed by atoms with Gasteiger partial charge < -0.3 is 30.0 Å². The summed E-state index contributed by atoms with van der Waals surface area (Å²) in [6.45, 7) is 3.54. The zero-order chi connectivity index (χ0) is 22.4. The number of ether oxygens (including phenoxy) is 4. The number of rotatable bonds is 8. The van der Waals surface area contributed by atoms with Crippen LogP contribution >= 0.6 is 0 Å². The Kier molecular flexibility index (Phi) is 7.37. The second kappa shape index (κ2) is 9.74. The quantitative estimate of drug-likeness (QED) is 0.355. The number of nitro groups is 1. The van der Waals surface area contributed by atoms with Gasteiger partial charge in [-0.1, -0.05) is 0 Å². The van der Waals surface area contributed by atoms with Crippen molar-refractivity contribution in [2.24, 2.45) is 5.73 Å². The van der Waals surface area contributed by atoms with Crippen LogP contribution in [0.3, 0.4) is 0 Å². The van der Waals surface area contributed by atoms with E-state index in [1.54, 1.807) is 13.8 Å². The third-order valence-corrected chi connectivity index (χ3v) is 4.28. The summed E-state index contributed by atoms with van der Waals surface area (Å²) in [6.07, 6.45) is -1.26. The molecule has 0 atom stereocenters. The molecule has 2 rings (SSSR count). The molecule has 1 aromatic rings. The fourth-order valence-corrected chi connectivity index (χ4v) is 2.93. The minimum absolute atomic E-state index is 0.0137. The first-order valence-electron chi connectivity index (χ1n) is 8.88. The number of hydrogen-bond acceptors (Lipinski definition) is 10. The van der Waals surface area contributed by atoms with Crippen LogP contribution in [0.5, 0.6) is 11.5 Å². The molecule has 1 heterocycles. The van der Waals surface area contributed by atoms with Gasteiger partial charge in [0.25, 0.3) is 5.69 Å². The van der Waals surface area contributed by atoms with Crippen molar-refractivity contribution in [1.29, 1.82) is 0 Å². The highest BCUT2D eigenvalue weighted by atomic mass is 16.6. The van der Waals surface area contributed by atoms with E-state index in [2.05, 4.69) is 5.32 Å². The number of nitrogens with one attached hydrogen (secondary N) is 1. The molecule has 0 spiro atoms. The van der Waals surface area contributed by atoms with E-state index in [-0.39, 0.29) is 41.5 Å². The van der Waals surface area contributed by atoms with Crippen LogP contribution in [-0.2, 0) is 19.1 Å². The number of nitrogens with two attached hydrogens (primary N) is 1. The average molecular weight is 421 g/mol. The lowest BCUT2D eigenvalue weighted by molar-refractivity contribution is -0.385. The normalized spacial score (nSPS) is 14.2. The molecule has 0 fully saturated rings. The van der Waals surface area contributed by atoms with Crippen LogP contribution in [0.15, 0.2) is 40.7 Å². The average Bonchev–Trinajstić information content (AvgIpc) is 2.71. The van der Waals surface area contributed by atoms with Crippen molar-refractivity contribution < 1.29 is 33.5 Å². The van der Waals surface area contributed by atoms with E-state index >= 15 is 0 Å². The van der Waals surface area contributed by atoms with E-state index in [0.717, 1.165) is 6.07 Å². The Morgan fingerprint density at radius 2 is 1.67 bits per heavy atom. The fraction of sp³-hybridized carbons (Fsp3) is 0.368. The van der Waals surface area contributed by atoms with E-state index in [0.29, 0.717) is 11.4 Å². The molecule has 162 valence electrons. The molecular formula is C19H23N3O8. The molecule has 3 N–H and O–H groups in total. The van der Waals surface area contributed by atoms with Crippen LogP contribution in [0.2, 0.25) is 0 Å². The van der Waals surface area contributed by atoms with Gasteiger partial charge in [0.15, 0.2) is 17.6 Å². The summed E-state index contributed by atoms with van der Waals surface area (Å²) in [5, 5.41) is 14.2. The van der Waals surface area contributed by atoms with E-state index in [1.165, 1.54) is 26.4 Å². The number of methoxy groups -OCH3 is 2. The second-order valence-corrected chi connectivity index (χ2v) is 6.21. The smallest absolute Gasteiger partial charge is 0.339 e. The lowest BCUT2D eigenvalue weighted by atomic mass is 9.94. The van der Waals surface area contributed by atoms with Gasteiger partial charge in [-0.3, -0.25) is 10.1 Å². The van der Waals surface area contributed by atoms with Crippen LogP contribution in [0.4, 0.5) is 5.69 Å². The molecular weight excluding hydrogens is 398 g/mol. The predicted molar refractivity (Wildman–Crippen MR) is 105 cm³/mol. The zero-order valence-electron chi connectivity index (χ0n) is 17.0. The van der Waals surface area contributed by atoms with Crippen LogP contribution in [0, 0.1) is 10.1 Å². The molecule has 1 aliphatic heterocycles. The maximum Gasteiger partial charge on any atom is 0.339 e. The Labute approximate surface area is 172 Å². The Bertz CT molecular complexity index is 884. The number of dihydropyridines is 1. The maximum absolute atomic E-state index is 12.4. The lowest BCUT2D eigenvalue weighted by Crippen LogP contribution is -2.39. The van der Waals surface area contributed by atoms with Gasteiger partial charge in [0.05, 0.1) is 25.2 Å². The number of hydrogen-bond donors (Lipinski definition) is 2. The summed E-state index contributed by atoms with van der Waals surface area (Å²) in [4.78, 5) is 35.5. The number of nitrogens with zero attached hydrogens (tertiary/aromatic N) is 1. The lowest BCUT2D eigenvalue weighted by Gasteiger charge is -2.30. The van der Waals surface area contributed by atoms with Gasteiger partial charge in [0.1, 0.15) is 17.8 Å². The number of non-ortho nitro benzene ring substituents is 1. The zero-order valence-corrected chi connectivity index (χ0v) is 17.0. The third-order valence-electron chi connectivity index (χ3n) is 4.28. The predicted octanol–water partition coefficient (Wildman–Crippen LogP) is 1.18. The van der Waals surface area contributed by atoms with Gasteiger partial charge in [-0.05, 0) is 19.9 Å². The minimum atomic E-state index is -1.26. The first-order chi connectivity index (χ1) is 14.2. The highest BCUT2D eigenvalue weighted by molar-refractivity contribution is 5.98. The molecule has 0 unspecified atom stereocenters. The van der Waals surface area contributed by atoms with Gasteiger partial charge in [-0.15, -0.1) is 0 Å². The summed E-state index contributed by atoms with van der Waals surface area (Å²) in [5.74, 6) is -1.37. The number of nitro benzene ring substituents is 1. The van der Waals surface area contributed by atoms with Crippen molar-refractivity contribution in [3.63, 3.8) is 0 Å². The highest BCUT2D eigenvalue weighted by Crippen LogP contribution is 2.36. The highest BCUT2D eigenvalue weighted by Gasteiger charge is 2.39. The van der Waals surface area contributed by atoms with Crippen LogP contribution in [-0.4, -0.2) is 50.3 Å². The summed E-state index contributed by atoms with van der Waals surface area (Å²) in [6, 6.07) is 3.74. The minimum Gasteiger partial charge on any atom is -0.488 e. The van der Waals surface area contributed by atoms with Crippen molar-refractivity contribution in [2.75, 3.05) is 27.4 Å². The number of carbonyl (C=O) groups is 2. The van der Waals surface area contributed by atoms with E-state index in [4.69, 9.17) is 24.7 Å². The molecule has 0 saturated carbocycles. The summed E-state index contributed by atoms with van der Waals surface area (Å²) >= 11 is 0. The number of esters is 2. The molecule has 30 heavy (non-hydrogen) atoms. The number of carbonyl (C=O) groups excluding carboxylic acids is 2. The van der Waals surface area contributed by atoms with E-state index in [1.807, 2.05) is 0 Å². The van der Waals surface area contributed by atoms with Crippen molar-refractivity contribution in [3.8, 4) is 11.5 Å². The van der Waals surface area contributed by atoms with Gasteiger partial charge in [0.2, 0.25) is 0 Å². The molecule has 0 aliphatic carbocycles. The summed E-state index contributed by atoms with van der Waals surface area (Å²) in [5.41, 5.74) is 6.02. The van der Waals surface area contributed by atoms with Gasteiger partial charge >= 0.3 is 11.9 Å². The SMILES string of the molecule is COC(=O)C1=C(C)NC(C)=C(C(=O)OC)C1Oc1cc([N+](=O)[O-])ccc1OCCN. The maximum atomic E-state index is 12.4. The topological polar surface area (TPSA) is 152 Å². The van der Waals surface area contributed by atoms with Crippen molar-refractivity contribution in [2.45, 2.75) is 20.0 Å². The van der Waals surface area contributed by atoms with Crippen LogP contribution < -0.4 is 20.5 Å². The molecule has 1 aliphatic rings. The van der Waals surface area contributed by atoms with Crippen molar-refractivity contribution >= 4 is 17.6 Å². The second-order valence-electron chi connectivity index (χ2n) is 6.21. The molecule has 0 radical (unpaired) electrons. The van der Waals surface area contributed by atoms with Crippen molar-refractivity contribution in [1.82, 2.24) is 5.32 Å². The first kappa shape index (κ1) is 22.7. The number of allylic oxidation sites excluding steroid dienone is 2. The molecule has 11 heteroatoms. The van der Waals surface area contributed by atoms with Gasteiger partial charge in [0, 0.05) is 24.0 Å².